The molecular weight excluding hydrogens is 224 g/mol. The number of hydrogen-bond donors (Lipinski definition) is 0. The monoisotopic (exact) mass is 238 g/mol. The Morgan fingerprint density at radius 3 is 2.81 bits per heavy atom. The summed E-state index contributed by atoms with van der Waals surface area (Å²) in [6, 6.07) is 3.45. The maximum atomic E-state index is 12.1. The Kier molecular flexibility index (Phi) is 2.66. The summed E-state index contributed by atoms with van der Waals surface area (Å²) in [4.78, 5) is 18.2. The van der Waals surface area contributed by atoms with Gasteiger partial charge in [0, 0.05) is 18.5 Å². The summed E-state index contributed by atoms with van der Waals surface area (Å²) < 4.78 is 0. The van der Waals surface area contributed by atoms with Crippen LogP contribution in [-0.4, -0.2) is 28.9 Å². The highest BCUT2D eigenvalue weighted by atomic mass is 35.5. The van der Waals surface area contributed by atoms with Crippen LogP contribution in [0.1, 0.15) is 36.8 Å². The zero-order chi connectivity index (χ0) is 11.9. The first-order valence-electron chi connectivity index (χ1n) is 5.42. The quantitative estimate of drug-likeness (QED) is 0.705. The molecule has 3 nitrogen and oxygen atoms in total. The van der Waals surface area contributed by atoms with Gasteiger partial charge in [-0.15, -0.1) is 0 Å². The van der Waals surface area contributed by atoms with Gasteiger partial charge in [0.05, 0.1) is 11.3 Å². The van der Waals surface area contributed by atoms with Crippen molar-refractivity contribution in [1.82, 2.24) is 9.88 Å². The fourth-order valence-electron chi connectivity index (χ4n) is 2.17. The van der Waals surface area contributed by atoms with Crippen molar-refractivity contribution < 1.29 is 4.79 Å². The van der Waals surface area contributed by atoms with Gasteiger partial charge in [-0.05, 0) is 19.1 Å². The molecule has 4 heteroatoms. The lowest BCUT2D eigenvalue weighted by atomic mass is 9.82. The van der Waals surface area contributed by atoms with Crippen LogP contribution in [0, 0.1) is 0 Å². The zero-order valence-corrected chi connectivity index (χ0v) is 10.5. The first-order chi connectivity index (χ1) is 7.45. The standard InChI is InChI=1S/C12H15ClN2O/c1-4-15-7-12(2,3)10-8(11(15)16)5-6-9(13)14-10/h5-6H,4,7H2,1-3H3. The predicted octanol–water partition coefficient (Wildman–Crippen LogP) is 2.49. The van der Waals surface area contributed by atoms with E-state index < -0.39 is 0 Å². The molecule has 1 aromatic rings. The summed E-state index contributed by atoms with van der Waals surface area (Å²) in [5.74, 6) is 0.0565. The molecule has 0 aromatic carbocycles. The Bertz CT molecular complexity index is 443. The van der Waals surface area contributed by atoms with Crippen molar-refractivity contribution in [1.29, 1.82) is 0 Å². The summed E-state index contributed by atoms with van der Waals surface area (Å²) in [6.07, 6.45) is 0. The second-order valence-electron chi connectivity index (χ2n) is 4.73. The Balaban J connectivity index is 2.58. The number of carbonyl (C=O) groups excluding carboxylic acids is 1. The van der Waals surface area contributed by atoms with Gasteiger partial charge in [0.25, 0.3) is 5.91 Å². The van der Waals surface area contributed by atoms with Crippen molar-refractivity contribution in [2.24, 2.45) is 0 Å². The molecule has 0 unspecified atom stereocenters. The third kappa shape index (κ3) is 1.69. The molecule has 0 aliphatic carbocycles. The molecule has 1 aromatic heterocycles. The summed E-state index contributed by atoms with van der Waals surface area (Å²) in [5.41, 5.74) is 1.36. The molecule has 0 radical (unpaired) electrons. The van der Waals surface area contributed by atoms with Crippen molar-refractivity contribution in [2.45, 2.75) is 26.2 Å². The first-order valence-corrected chi connectivity index (χ1v) is 5.80. The van der Waals surface area contributed by atoms with E-state index in [-0.39, 0.29) is 11.3 Å². The van der Waals surface area contributed by atoms with Crippen LogP contribution in [0.2, 0.25) is 5.15 Å². The van der Waals surface area contributed by atoms with E-state index in [0.29, 0.717) is 17.3 Å². The summed E-state index contributed by atoms with van der Waals surface area (Å²) in [5, 5.41) is 0.449. The maximum Gasteiger partial charge on any atom is 0.255 e. The van der Waals surface area contributed by atoms with Gasteiger partial charge in [-0.2, -0.15) is 0 Å². The molecule has 0 saturated heterocycles. The molecule has 86 valence electrons. The van der Waals surface area contributed by atoms with Crippen LogP contribution in [0.15, 0.2) is 12.1 Å². The van der Waals surface area contributed by atoms with Crippen LogP contribution in [0.25, 0.3) is 0 Å². The van der Waals surface area contributed by atoms with Crippen LogP contribution < -0.4 is 0 Å². The van der Waals surface area contributed by atoms with Crippen LogP contribution in [-0.2, 0) is 5.41 Å². The number of aromatic nitrogens is 1. The van der Waals surface area contributed by atoms with E-state index in [1.807, 2.05) is 11.8 Å². The molecule has 0 fully saturated rings. The van der Waals surface area contributed by atoms with Crippen molar-refractivity contribution in [3.8, 4) is 0 Å². The average molecular weight is 239 g/mol. The normalized spacial score (nSPS) is 18.5. The highest BCUT2D eigenvalue weighted by Gasteiger charge is 2.37. The molecule has 0 atom stereocenters. The second kappa shape index (κ2) is 3.74. The van der Waals surface area contributed by atoms with Crippen molar-refractivity contribution in [3.63, 3.8) is 0 Å². The smallest absolute Gasteiger partial charge is 0.255 e. The predicted molar refractivity (Wildman–Crippen MR) is 63.9 cm³/mol. The van der Waals surface area contributed by atoms with Crippen molar-refractivity contribution >= 4 is 17.5 Å². The minimum Gasteiger partial charge on any atom is -0.338 e. The molecule has 1 aliphatic rings. The van der Waals surface area contributed by atoms with Crippen molar-refractivity contribution in [2.75, 3.05) is 13.1 Å². The Morgan fingerprint density at radius 2 is 2.19 bits per heavy atom. The maximum absolute atomic E-state index is 12.1. The number of rotatable bonds is 1. The Morgan fingerprint density at radius 1 is 1.50 bits per heavy atom. The first kappa shape index (κ1) is 11.4. The number of nitrogens with zero attached hydrogens (tertiary/aromatic N) is 2. The van der Waals surface area contributed by atoms with Gasteiger partial charge in [0.2, 0.25) is 0 Å². The SMILES string of the molecule is CCN1CC(C)(C)c2nc(Cl)ccc2C1=O. The molecule has 2 heterocycles. The molecular formula is C12H15ClN2O. The summed E-state index contributed by atoms with van der Waals surface area (Å²) in [7, 11) is 0. The molecule has 16 heavy (non-hydrogen) atoms. The number of pyridine rings is 1. The van der Waals surface area contributed by atoms with Crippen LogP contribution >= 0.6 is 11.6 Å². The van der Waals surface area contributed by atoms with Gasteiger partial charge < -0.3 is 4.90 Å². The van der Waals surface area contributed by atoms with Crippen LogP contribution in [0.4, 0.5) is 0 Å². The summed E-state index contributed by atoms with van der Waals surface area (Å²) in [6.45, 7) is 7.59. The number of halogens is 1. The molecule has 1 aliphatic heterocycles. The van der Waals surface area contributed by atoms with Gasteiger partial charge in [-0.1, -0.05) is 25.4 Å². The lowest BCUT2D eigenvalue weighted by Crippen LogP contribution is -2.47. The minimum absolute atomic E-state index is 0.0565. The number of likely N-dealkylation sites (N-methyl/N-ethyl adjacent to an activating group) is 1. The van der Waals surface area contributed by atoms with E-state index in [2.05, 4.69) is 18.8 Å². The van der Waals surface area contributed by atoms with Gasteiger partial charge in [0.1, 0.15) is 5.15 Å². The highest BCUT2D eigenvalue weighted by Crippen LogP contribution is 2.32. The van der Waals surface area contributed by atoms with E-state index >= 15 is 0 Å². The van der Waals surface area contributed by atoms with E-state index in [4.69, 9.17) is 11.6 Å². The van der Waals surface area contributed by atoms with E-state index in [1.165, 1.54) is 0 Å². The lowest BCUT2D eigenvalue weighted by molar-refractivity contribution is 0.0695. The van der Waals surface area contributed by atoms with E-state index in [1.54, 1.807) is 12.1 Å². The molecule has 0 N–H and O–H groups in total. The van der Waals surface area contributed by atoms with Gasteiger partial charge in [0.15, 0.2) is 0 Å². The highest BCUT2D eigenvalue weighted by molar-refractivity contribution is 6.29. The molecule has 1 amide bonds. The number of carbonyl (C=O) groups is 1. The topological polar surface area (TPSA) is 33.2 Å². The second-order valence-corrected chi connectivity index (χ2v) is 5.12. The average Bonchev–Trinajstić information content (AvgIpc) is 2.23. The van der Waals surface area contributed by atoms with Crippen molar-refractivity contribution in [3.05, 3.63) is 28.5 Å². The Hall–Kier alpha value is -1.09. The van der Waals surface area contributed by atoms with Gasteiger partial charge in [-0.25, -0.2) is 4.98 Å². The number of hydrogen-bond acceptors (Lipinski definition) is 2. The molecule has 2 rings (SSSR count). The Labute approximate surface area is 100 Å². The fraction of sp³-hybridized carbons (Fsp3) is 0.500. The zero-order valence-electron chi connectivity index (χ0n) is 9.75. The van der Waals surface area contributed by atoms with Crippen LogP contribution in [0.5, 0.6) is 0 Å². The van der Waals surface area contributed by atoms with E-state index in [0.717, 1.165) is 12.2 Å². The molecule has 0 bridgehead atoms. The largest absolute Gasteiger partial charge is 0.338 e. The minimum atomic E-state index is -0.135. The fourth-order valence-corrected chi connectivity index (χ4v) is 2.32. The third-order valence-electron chi connectivity index (χ3n) is 2.99. The summed E-state index contributed by atoms with van der Waals surface area (Å²) >= 11 is 5.89. The molecule has 0 saturated carbocycles. The van der Waals surface area contributed by atoms with Crippen LogP contribution in [0.3, 0.4) is 0 Å². The van der Waals surface area contributed by atoms with Gasteiger partial charge in [-0.3, -0.25) is 4.79 Å². The van der Waals surface area contributed by atoms with E-state index in [9.17, 15) is 4.79 Å². The lowest BCUT2D eigenvalue weighted by Gasteiger charge is -2.38. The number of fused-ring (bicyclic) bond motifs is 1. The number of amides is 1. The molecule has 0 spiro atoms. The third-order valence-corrected chi connectivity index (χ3v) is 3.20. The van der Waals surface area contributed by atoms with Gasteiger partial charge >= 0.3 is 0 Å².